The minimum atomic E-state index is -0.590. The first-order chi connectivity index (χ1) is 11.7. The zero-order valence-corrected chi connectivity index (χ0v) is 13.8. The van der Waals surface area contributed by atoms with E-state index in [1.165, 1.54) is 5.56 Å². The molecule has 1 saturated heterocycles. The first-order valence-electron chi connectivity index (χ1n) is 8.39. The van der Waals surface area contributed by atoms with Crippen LogP contribution in [0.1, 0.15) is 24.7 Å². The van der Waals surface area contributed by atoms with Crippen molar-refractivity contribution in [1.82, 2.24) is 5.32 Å². The summed E-state index contributed by atoms with van der Waals surface area (Å²) in [7, 11) is 0. The van der Waals surface area contributed by atoms with Gasteiger partial charge in [0.25, 0.3) is 0 Å². The highest BCUT2D eigenvalue weighted by atomic mass is 16.3. The van der Waals surface area contributed by atoms with Crippen molar-refractivity contribution in [3.8, 4) is 0 Å². The summed E-state index contributed by atoms with van der Waals surface area (Å²) in [6.45, 7) is 3.15. The van der Waals surface area contributed by atoms with Crippen molar-refractivity contribution in [2.24, 2.45) is 5.92 Å². The van der Waals surface area contributed by atoms with Crippen LogP contribution in [-0.4, -0.2) is 24.9 Å². The average Bonchev–Trinajstić information content (AvgIpc) is 3.24. The molecule has 1 fully saturated rings. The topological polar surface area (TPSA) is 62.6 Å². The Labute approximate surface area is 141 Å². The van der Waals surface area contributed by atoms with Gasteiger partial charge in [0.05, 0.1) is 6.26 Å². The van der Waals surface area contributed by atoms with Crippen LogP contribution in [-0.2, 0) is 22.4 Å². The van der Waals surface area contributed by atoms with E-state index in [4.69, 9.17) is 4.42 Å². The van der Waals surface area contributed by atoms with Crippen LogP contribution < -0.4 is 10.2 Å². The lowest BCUT2D eigenvalue weighted by Crippen LogP contribution is -2.37. The first-order valence-corrected chi connectivity index (χ1v) is 8.39. The fourth-order valence-corrected chi connectivity index (χ4v) is 2.98. The number of rotatable bonds is 6. The number of aryl methyl sites for hydroxylation is 1. The van der Waals surface area contributed by atoms with Gasteiger partial charge in [-0.2, -0.15) is 0 Å². The van der Waals surface area contributed by atoms with Crippen molar-refractivity contribution < 1.29 is 14.0 Å². The van der Waals surface area contributed by atoms with E-state index < -0.39 is 5.92 Å². The SMILES string of the molecule is CCc1ccc(N2CC[C@@H](C(=O)NCCc3ccco3)C2=O)cc1. The predicted octanol–water partition coefficient (Wildman–Crippen LogP) is 2.55. The Morgan fingerprint density at radius 2 is 2.08 bits per heavy atom. The quantitative estimate of drug-likeness (QED) is 0.830. The fraction of sp³-hybridized carbons (Fsp3) is 0.368. The Morgan fingerprint density at radius 1 is 1.29 bits per heavy atom. The lowest BCUT2D eigenvalue weighted by molar-refractivity contribution is -0.132. The second-order valence-electron chi connectivity index (χ2n) is 5.97. The molecule has 3 rings (SSSR count). The van der Waals surface area contributed by atoms with Gasteiger partial charge in [-0.05, 0) is 42.7 Å². The van der Waals surface area contributed by atoms with Crippen molar-refractivity contribution in [1.29, 1.82) is 0 Å². The summed E-state index contributed by atoms with van der Waals surface area (Å²) in [5.74, 6) is -0.0767. The van der Waals surface area contributed by atoms with Crippen LogP contribution in [0.5, 0.6) is 0 Å². The predicted molar refractivity (Wildman–Crippen MR) is 91.7 cm³/mol. The van der Waals surface area contributed by atoms with Crippen molar-refractivity contribution in [2.75, 3.05) is 18.0 Å². The Hall–Kier alpha value is -2.56. The maximum atomic E-state index is 12.5. The summed E-state index contributed by atoms with van der Waals surface area (Å²) in [5.41, 5.74) is 2.10. The Morgan fingerprint density at radius 3 is 2.75 bits per heavy atom. The van der Waals surface area contributed by atoms with E-state index in [-0.39, 0.29) is 11.8 Å². The third-order valence-electron chi connectivity index (χ3n) is 4.43. The maximum absolute atomic E-state index is 12.5. The number of amides is 2. The number of hydrogen-bond acceptors (Lipinski definition) is 3. The third-order valence-corrected chi connectivity index (χ3v) is 4.43. The summed E-state index contributed by atoms with van der Waals surface area (Å²) in [6.07, 6.45) is 3.76. The molecule has 5 heteroatoms. The lowest BCUT2D eigenvalue weighted by atomic mass is 10.1. The van der Waals surface area contributed by atoms with Crippen molar-refractivity contribution in [3.05, 3.63) is 54.0 Å². The number of nitrogens with one attached hydrogen (secondary N) is 1. The molecule has 5 nitrogen and oxygen atoms in total. The summed E-state index contributed by atoms with van der Waals surface area (Å²) in [4.78, 5) is 26.5. The smallest absolute Gasteiger partial charge is 0.239 e. The molecule has 0 unspecified atom stereocenters. The molecular formula is C19H22N2O3. The molecular weight excluding hydrogens is 304 g/mol. The number of nitrogens with zero attached hydrogens (tertiary/aromatic N) is 1. The molecule has 0 radical (unpaired) electrons. The van der Waals surface area contributed by atoms with Gasteiger partial charge in [0.2, 0.25) is 11.8 Å². The van der Waals surface area contributed by atoms with Gasteiger partial charge in [-0.1, -0.05) is 19.1 Å². The number of furan rings is 1. The standard InChI is InChI=1S/C19H22N2O3/c1-2-14-5-7-15(8-6-14)21-12-10-17(19(21)23)18(22)20-11-9-16-4-3-13-24-16/h3-8,13,17H,2,9-12H2,1H3,(H,20,22)/t17-/m0/s1. The molecule has 0 bridgehead atoms. The average molecular weight is 326 g/mol. The zero-order chi connectivity index (χ0) is 16.9. The monoisotopic (exact) mass is 326 g/mol. The van der Waals surface area contributed by atoms with Crippen molar-refractivity contribution in [3.63, 3.8) is 0 Å². The number of carbonyl (C=O) groups excluding carboxylic acids is 2. The van der Waals surface area contributed by atoms with Crippen LogP contribution in [0.15, 0.2) is 47.1 Å². The van der Waals surface area contributed by atoms with Crippen molar-refractivity contribution >= 4 is 17.5 Å². The highest BCUT2D eigenvalue weighted by Gasteiger charge is 2.37. The van der Waals surface area contributed by atoms with Gasteiger partial charge in [-0.15, -0.1) is 0 Å². The first kappa shape index (κ1) is 16.3. The van der Waals surface area contributed by atoms with Gasteiger partial charge in [0.15, 0.2) is 0 Å². The molecule has 2 aromatic rings. The minimum absolute atomic E-state index is 0.116. The van der Waals surface area contributed by atoms with Gasteiger partial charge in [-0.3, -0.25) is 9.59 Å². The number of carbonyl (C=O) groups is 2. The van der Waals surface area contributed by atoms with Gasteiger partial charge in [-0.25, -0.2) is 0 Å². The van der Waals surface area contributed by atoms with E-state index in [0.29, 0.717) is 25.9 Å². The Kier molecular flexibility index (Phi) is 4.99. The number of anilines is 1. The lowest BCUT2D eigenvalue weighted by Gasteiger charge is -2.17. The molecule has 0 saturated carbocycles. The normalized spacial score (nSPS) is 17.3. The molecule has 0 spiro atoms. The van der Waals surface area contributed by atoms with Crippen LogP contribution in [0.2, 0.25) is 0 Å². The van der Waals surface area contributed by atoms with E-state index in [9.17, 15) is 9.59 Å². The summed E-state index contributed by atoms with van der Waals surface area (Å²) < 4.78 is 5.23. The highest BCUT2D eigenvalue weighted by molar-refractivity contribution is 6.09. The molecule has 1 aliphatic rings. The summed E-state index contributed by atoms with van der Waals surface area (Å²) >= 11 is 0. The second kappa shape index (κ2) is 7.34. The van der Waals surface area contributed by atoms with Crippen LogP contribution in [0.25, 0.3) is 0 Å². The zero-order valence-electron chi connectivity index (χ0n) is 13.8. The molecule has 1 aromatic carbocycles. The molecule has 24 heavy (non-hydrogen) atoms. The maximum Gasteiger partial charge on any atom is 0.239 e. The van der Waals surface area contributed by atoms with Gasteiger partial charge < -0.3 is 14.6 Å². The minimum Gasteiger partial charge on any atom is -0.469 e. The van der Waals surface area contributed by atoms with E-state index in [2.05, 4.69) is 12.2 Å². The molecule has 0 aliphatic carbocycles. The van der Waals surface area contributed by atoms with Crippen LogP contribution in [0.3, 0.4) is 0 Å². The third kappa shape index (κ3) is 3.50. The highest BCUT2D eigenvalue weighted by Crippen LogP contribution is 2.25. The van der Waals surface area contributed by atoms with Crippen LogP contribution in [0.4, 0.5) is 5.69 Å². The second-order valence-corrected chi connectivity index (χ2v) is 5.97. The van der Waals surface area contributed by atoms with Crippen LogP contribution in [0, 0.1) is 5.92 Å². The van der Waals surface area contributed by atoms with Gasteiger partial charge >= 0.3 is 0 Å². The number of benzene rings is 1. The molecule has 1 aromatic heterocycles. The Balaban J connectivity index is 1.55. The molecule has 1 N–H and O–H groups in total. The summed E-state index contributed by atoms with van der Waals surface area (Å²) in [5, 5.41) is 2.84. The molecule has 1 aliphatic heterocycles. The van der Waals surface area contributed by atoms with E-state index in [1.54, 1.807) is 11.2 Å². The molecule has 126 valence electrons. The largest absolute Gasteiger partial charge is 0.469 e. The molecule has 1 atom stereocenters. The van der Waals surface area contributed by atoms with E-state index in [1.807, 2.05) is 36.4 Å². The Bertz CT molecular complexity index is 692. The van der Waals surface area contributed by atoms with Gasteiger partial charge in [0, 0.05) is 25.2 Å². The molecule has 2 amide bonds. The van der Waals surface area contributed by atoms with Crippen molar-refractivity contribution in [2.45, 2.75) is 26.2 Å². The fourth-order valence-electron chi connectivity index (χ4n) is 2.98. The number of hydrogen-bond donors (Lipinski definition) is 1. The summed E-state index contributed by atoms with van der Waals surface area (Å²) in [6, 6.07) is 11.6. The van der Waals surface area contributed by atoms with E-state index >= 15 is 0 Å². The van der Waals surface area contributed by atoms with Gasteiger partial charge in [0.1, 0.15) is 11.7 Å². The van der Waals surface area contributed by atoms with E-state index in [0.717, 1.165) is 17.9 Å². The molecule has 2 heterocycles. The van der Waals surface area contributed by atoms with Crippen LogP contribution >= 0.6 is 0 Å².